The Morgan fingerprint density at radius 1 is 1.38 bits per heavy atom. The number of rotatable bonds is 2. The van der Waals surface area contributed by atoms with E-state index >= 15 is 0 Å². The zero-order chi connectivity index (χ0) is 11.0. The molecule has 1 aliphatic carbocycles. The van der Waals surface area contributed by atoms with Gasteiger partial charge in [-0.15, -0.1) is 0 Å². The van der Waals surface area contributed by atoms with Gasteiger partial charge in [-0.1, -0.05) is 6.42 Å². The van der Waals surface area contributed by atoms with Gasteiger partial charge in [-0.2, -0.15) is 5.10 Å². The first-order valence-electron chi connectivity index (χ1n) is 6.66. The summed E-state index contributed by atoms with van der Waals surface area (Å²) in [5.41, 5.74) is 1.38. The molecule has 16 heavy (non-hydrogen) atoms. The number of hydrogen-bond acceptors (Lipinski definition) is 2. The summed E-state index contributed by atoms with van der Waals surface area (Å²) in [6.07, 6.45) is 8.85. The Morgan fingerprint density at radius 2 is 2.31 bits per heavy atom. The summed E-state index contributed by atoms with van der Waals surface area (Å²) < 4.78 is 2.13. The van der Waals surface area contributed by atoms with Crippen molar-refractivity contribution < 1.29 is 0 Å². The second-order valence-electron chi connectivity index (χ2n) is 5.17. The molecule has 0 radical (unpaired) electrons. The molecule has 0 bridgehead atoms. The van der Waals surface area contributed by atoms with Crippen molar-refractivity contribution in [3.05, 3.63) is 18.0 Å². The second kappa shape index (κ2) is 4.21. The largest absolute Gasteiger partial charge is 0.306 e. The first-order valence-corrected chi connectivity index (χ1v) is 6.66. The maximum absolute atomic E-state index is 4.37. The quantitative estimate of drug-likeness (QED) is 0.828. The van der Waals surface area contributed by atoms with Crippen LogP contribution in [0.15, 0.2) is 12.3 Å². The highest BCUT2D eigenvalue weighted by atomic mass is 15.3. The van der Waals surface area contributed by atoms with E-state index < -0.39 is 0 Å². The predicted octanol–water partition coefficient (Wildman–Crippen LogP) is 2.50. The molecule has 1 N–H and O–H groups in total. The van der Waals surface area contributed by atoms with E-state index in [9.17, 15) is 0 Å². The van der Waals surface area contributed by atoms with E-state index in [0.29, 0.717) is 6.04 Å². The van der Waals surface area contributed by atoms with Gasteiger partial charge in [0.15, 0.2) is 0 Å². The molecule has 1 saturated carbocycles. The van der Waals surface area contributed by atoms with Gasteiger partial charge in [0.1, 0.15) is 0 Å². The van der Waals surface area contributed by atoms with Crippen molar-refractivity contribution >= 4 is 0 Å². The van der Waals surface area contributed by atoms with Crippen molar-refractivity contribution in [3.8, 4) is 0 Å². The molecule has 3 atom stereocenters. The minimum absolute atomic E-state index is 0.543. The zero-order valence-electron chi connectivity index (χ0n) is 10.0. The van der Waals surface area contributed by atoms with Crippen molar-refractivity contribution in [2.75, 3.05) is 0 Å². The third-order valence-electron chi connectivity index (χ3n) is 4.31. The van der Waals surface area contributed by atoms with Crippen molar-refractivity contribution in [3.63, 3.8) is 0 Å². The average Bonchev–Trinajstić information content (AvgIpc) is 2.96. The van der Waals surface area contributed by atoms with E-state index in [4.69, 9.17) is 0 Å². The first-order chi connectivity index (χ1) is 7.88. The molecule has 1 aromatic rings. The summed E-state index contributed by atoms with van der Waals surface area (Å²) in [4.78, 5) is 0. The number of fused-ring (bicyclic) bond motifs is 1. The van der Waals surface area contributed by atoms with Crippen LogP contribution in [0.2, 0.25) is 0 Å². The van der Waals surface area contributed by atoms with E-state index in [1.165, 1.54) is 37.8 Å². The standard InChI is InChI=1S/C13H21N3/c1-2-16-13(8-9-14-16)12-7-6-10-4-3-5-11(10)15-12/h8-12,15H,2-7H2,1H3. The predicted molar refractivity (Wildman–Crippen MR) is 64.1 cm³/mol. The van der Waals surface area contributed by atoms with Crippen molar-refractivity contribution in [2.24, 2.45) is 5.92 Å². The smallest absolute Gasteiger partial charge is 0.0553 e. The molecule has 88 valence electrons. The molecule has 3 rings (SSSR count). The third kappa shape index (κ3) is 1.67. The molecule has 0 amide bonds. The van der Waals surface area contributed by atoms with Crippen LogP contribution in [0.3, 0.4) is 0 Å². The molecule has 0 aromatic carbocycles. The molecule has 2 heterocycles. The number of aryl methyl sites for hydroxylation is 1. The number of aromatic nitrogens is 2. The lowest BCUT2D eigenvalue weighted by Crippen LogP contribution is -2.40. The van der Waals surface area contributed by atoms with Gasteiger partial charge < -0.3 is 5.32 Å². The Morgan fingerprint density at radius 3 is 3.19 bits per heavy atom. The van der Waals surface area contributed by atoms with Gasteiger partial charge in [0, 0.05) is 24.8 Å². The highest BCUT2D eigenvalue weighted by molar-refractivity contribution is 5.09. The normalized spacial score (nSPS) is 33.9. The SMILES string of the molecule is CCn1nccc1C1CCC2CCCC2N1. The molecule has 1 aromatic heterocycles. The molecular weight excluding hydrogens is 198 g/mol. The van der Waals surface area contributed by atoms with Gasteiger partial charge in [0.25, 0.3) is 0 Å². The second-order valence-corrected chi connectivity index (χ2v) is 5.17. The Balaban J connectivity index is 1.76. The van der Waals surface area contributed by atoms with Crippen LogP contribution in [0.25, 0.3) is 0 Å². The molecule has 2 aliphatic rings. The Kier molecular flexibility index (Phi) is 2.72. The molecular formula is C13H21N3. The van der Waals surface area contributed by atoms with Crippen LogP contribution in [-0.2, 0) is 6.54 Å². The highest BCUT2D eigenvalue weighted by Gasteiger charge is 2.34. The molecule has 3 nitrogen and oxygen atoms in total. The fraction of sp³-hybridized carbons (Fsp3) is 0.769. The maximum Gasteiger partial charge on any atom is 0.0553 e. The molecule has 2 fully saturated rings. The van der Waals surface area contributed by atoms with Gasteiger partial charge >= 0.3 is 0 Å². The fourth-order valence-electron chi connectivity index (χ4n) is 3.46. The summed E-state index contributed by atoms with van der Waals surface area (Å²) in [7, 11) is 0. The zero-order valence-corrected chi connectivity index (χ0v) is 10.0. The van der Waals surface area contributed by atoms with Crippen LogP contribution >= 0.6 is 0 Å². The lowest BCUT2D eigenvalue weighted by molar-refractivity contribution is 0.253. The summed E-state index contributed by atoms with van der Waals surface area (Å²) in [6, 6.07) is 3.50. The van der Waals surface area contributed by atoms with Gasteiger partial charge in [-0.25, -0.2) is 0 Å². The van der Waals surface area contributed by atoms with E-state index in [0.717, 1.165) is 18.5 Å². The van der Waals surface area contributed by atoms with Crippen LogP contribution in [-0.4, -0.2) is 15.8 Å². The van der Waals surface area contributed by atoms with Gasteiger partial charge in [-0.3, -0.25) is 4.68 Å². The average molecular weight is 219 g/mol. The Hall–Kier alpha value is -0.830. The Labute approximate surface area is 97.2 Å². The monoisotopic (exact) mass is 219 g/mol. The summed E-state index contributed by atoms with van der Waals surface area (Å²) in [5, 5.41) is 8.20. The molecule has 3 heteroatoms. The summed E-state index contributed by atoms with van der Waals surface area (Å²) >= 11 is 0. The topological polar surface area (TPSA) is 29.9 Å². The lowest BCUT2D eigenvalue weighted by atomic mass is 9.88. The highest BCUT2D eigenvalue weighted by Crippen LogP contribution is 2.37. The minimum atomic E-state index is 0.543. The van der Waals surface area contributed by atoms with Crippen molar-refractivity contribution in [1.82, 2.24) is 15.1 Å². The van der Waals surface area contributed by atoms with E-state index in [2.05, 4.69) is 28.1 Å². The van der Waals surface area contributed by atoms with Gasteiger partial charge in [0.2, 0.25) is 0 Å². The number of nitrogens with zero attached hydrogens (tertiary/aromatic N) is 2. The van der Waals surface area contributed by atoms with Crippen LogP contribution < -0.4 is 5.32 Å². The maximum atomic E-state index is 4.37. The molecule has 1 aliphatic heterocycles. The molecule has 1 saturated heterocycles. The van der Waals surface area contributed by atoms with E-state index in [1.807, 2.05) is 6.20 Å². The van der Waals surface area contributed by atoms with Crippen LogP contribution in [0, 0.1) is 5.92 Å². The molecule has 0 spiro atoms. The number of hydrogen-bond donors (Lipinski definition) is 1. The van der Waals surface area contributed by atoms with E-state index in [1.54, 1.807) is 0 Å². The van der Waals surface area contributed by atoms with Gasteiger partial charge in [0.05, 0.1) is 5.69 Å². The number of piperidine rings is 1. The minimum Gasteiger partial charge on any atom is -0.306 e. The van der Waals surface area contributed by atoms with Crippen LogP contribution in [0.1, 0.15) is 50.8 Å². The van der Waals surface area contributed by atoms with Crippen molar-refractivity contribution in [2.45, 2.75) is 57.7 Å². The summed E-state index contributed by atoms with van der Waals surface area (Å²) in [6.45, 7) is 3.15. The van der Waals surface area contributed by atoms with E-state index in [-0.39, 0.29) is 0 Å². The number of nitrogens with one attached hydrogen (secondary N) is 1. The summed E-state index contributed by atoms with van der Waals surface area (Å²) in [5.74, 6) is 0.953. The van der Waals surface area contributed by atoms with Crippen LogP contribution in [0.5, 0.6) is 0 Å². The van der Waals surface area contributed by atoms with Crippen molar-refractivity contribution in [1.29, 1.82) is 0 Å². The third-order valence-corrected chi connectivity index (χ3v) is 4.31. The fourth-order valence-corrected chi connectivity index (χ4v) is 3.46. The first kappa shape index (κ1) is 10.3. The lowest BCUT2D eigenvalue weighted by Gasteiger charge is -2.33. The molecule has 3 unspecified atom stereocenters. The van der Waals surface area contributed by atoms with Crippen LogP contribution in [0.4, 0.5) is 0 Å². The Bertz CT molecular complexity index is 358. The van der Waals surface area contributed by atoms with Gasteiger partial charge in [-0.05, 0) is 44.6 Å².